The van der Waals surface area contributed by atoms with Crippen molar-refractivity contribution in [3.05, 3.63) is 27.8 Å². The van der Waals surface area contributed by atoms with Gasteiger partial charge in [0, 0.05) is 19.0 Å². The van der Waals surface area contributed by atoms with Gasteiger partial charge >= 0.3 is 0 Å². The first-order chi connectivity index (χ1) is 9.10. The summed E-state index contributed by atoms with van der Waals surface area (Å²) in [6.07, 6.45) is 2.22. The third-order valence-electron chi connectivity index (χ3n) is 3.36. The van der Waals surface area contributed by atoms with E-state index in [4.69, 9.17) is 4.74 Å². The molecule has 6 heteroatoms. The molecule has 0 radical (unpaired) electrons. The van der Waals surface area contributed by atoms with Crippen LogP contribution in [0.25, 0.3) is 11.4 Å². The third kappa shape index (κ3) is 2.03. The molecule has 2 heterocycles. The summed E-state index contributed by atoms with van der Waals surface area (Å²) in [6, 6.07) is 1.58. The van der Waals surface area contributed by atoms with Crippen molar-refractivity contribution < 1.29 is 4.74 Å². The van der Waals surface area contributed by atoms with E-state index in [1.807, 2.05) is 6.92 Å². The molecule has 0 bridgehead atoms. The van der Waals surface area contributed by atoms with Crippen molar-refractivity contribution in [2.45, 2.75) is 25.7 Å². The molecule has 0 saturated heterocycles. The van der Waals surface area contributed by atoms with Crippen LogP contribution in [0.2, 0.25) is 0 Å². The molecule has 3 rings (SSSR count). The Morgan fingerprint density at radius 3 is 2.84 bits per heavy atom. The van der Waals surface area contributed by atoms with Gasteiger partial charge in [0.05, 0.1) is 18.5 Å². The van der Waals surface area contributed by atoms with Crippen LogP contribution in [0.4, 0.5) is 0 Å². The Morgan fingerprint density at radius 1 is 1.47 bits per heavy atom. The monoisotopic (exact) mass is 260 g/mol. The maximum Gasteiger partial charge on any atom is 0.251 e. The normalized spacial score (nSPS) is 14.7. The van der Waals surface area contributed by atoms with Crippen LogP contribution in [0, 0.1) is 6.92 Å². The van der Waals surface area contributed by atoms with Gasteiger partial charge < -0.3 is 9.72 Å². The molecule has 19 heavy (non-hydrogen) atoms. The summed E-state index contributed by atoms with van der Waals surface area (Å²) in [6.45, 7) is 1.88. The fourth-order valence-corrected chi connectivity index (χ4v) is 2.33. The first-order valence-corrected chi connectivity index (χ1v) is 6.29. The average Bonchev–Trinajstić information content (AvgIpc) is 3.14. The van der Waals surface area contributed by atoms with Crippen molar-refractivity contribution in [2.24, 2.45) is 7.05 Å². The topological polar surface area (TPSA) is 72.8 Å². The lowest BCUT2D eigenvalue weighted by Gasteiger charge is -2.05. The van der Waals surface area contributed by atoms with Gasteiger partial charge in [-0.1, -0.05) is 0 Å². The zero-order valence-corrected chi connectivity index (χ0v) is 11.2. The van der Waals surface area contributed by atoms with Crippen molar-refractivity contribution in [1.82, 2.24) is 19.7 Å². The number of hydrogen-bond acceptors (Lipinski definition) is 4. The van der Waals surface area contributed by atoms with Gasteiger partial charge in [-0.2, -0.15) is 5.10 Å². The number of methoxy groups -OCH3 is 1. The molecule has 100 valence electrons. The molecule has 6 nitrogen and oxygen atoms in total. The molecule has 0 atom stereocenters. The first-order valence-electron chi connectivity index (χ1n) is 6.29. The summed E-state index contributed by atoms with van der Waals surface area (Å²) in [7, 11) is 3.39. The van der Waals surface area contributed by atoms with E-state index >= 15 is 0 Å². The van der Waals surface area contributed by atoms with Crippen LogP contribution < -0.4 is 10.3 Å². The second-order valence-corrected chi connectivity index (χ2v) is 4.89. The highest BCUT2D eigenvalue weighted by molar-refractivity contribution is 5.65. The maximum atomic E-state index is 11.8. The second-order valence-electron chi connectivity index (χ2n) is 4.89. The van der Waals surface area contributed by atoms with Crippen LogP contribution in [0.15, 0.2) is 10.9 Å². The molecular formula is C13H16N4O2. The summed E-state index contributed by atoms with van der Waals surface area (Å²) < 4.78 is 6.99. The van der Waals surface area contributed by atoms with Gasteiger partial charge in [-0.15, -0.1) is 0 Å². The van der Waals surface area contributed by atoms with Crippen LogP contribution >= 0.6 is 0 Å². The number of aromatic nitrogens is 4. The van der Waals surface area contributed by atoms with Crippen LogP contribution in [0.3, 0.4) is 0 Å². The van der Waals surface area contributed by atoms with E-state index in [0.29, 0.717) is 17.6 Å². The Kier molecular flexibility index (Phi) is 2.66. The maximum absolute atomic E-state index is 11.8. The number of aryl methyl sites for hydroxylation is 2. The van der Waals surface area contributed by atoms with Crippen LogP contribution in [-0.2, 0) is 7.05 Å². The summed E-state index contributed by atoms with van der Waals surface area (Å²) in [5.41, 5.74) is 2.28. The smallest absolute Gasteiger partial charge is 0.251 e. The summed E-state index contributed by atoms with van der Waals surface area (Å²) in [5.74, 6) is 1.58. The molecule has 0 aliphatic heterocycles. The number of aromatic amines is 1. The molecule has 0 spiro atoms. The van der Waals surface area contributed by atoms with E-state index in [2.05, 4.69) is 15.1 Å². The highest BCUT2D eigenvalue weighted by Gasteiger charge is 2.27. The number of nitrogens with zero attached hydrogens (tertiary/aromatic N) is 3. The number of nitrogens with one attached hydrogen (secondary N) is 1. The number of rotatable bonds is 3. The standard InChI is InChI=1S/C13H16N4O2/c1-7-11(13(19-3)17(2)16-7)12-14-9(8-4-5-8)6-10(18)15-12/h6,8H,4-5H2,1-3H3,(H,14,15,18). The highest BCUT2D eigenvalue weighted by atomic mass is 16.5. The van der Waals surface area contributed by atoms with E-state index < -0.39 is 0 Å². The fraction of sp³-hybridized carbons (Fsp3) is 0.462. The van der Waals surface area contributed by atoms with Gasteiger partial charge in [-0.05, 0) is 19.8 Å². The molecule has 1 aliphatic rings. The lowest BCUT2D eigenvalue weighted by Crippen LogP contribution is -2.10. The molecule has 2 aromatic heterocycles. The largest absolute Gasteiger partial charge is 0.481 e. The van der Waals surface area contributed by atoms with E-state index in [1.54, 1.807) is 24.9 Å². The molecule has 1 N–H and O–H groups in total. The van der Waals surface area contributed by atoms with Gasteiger partial charge in [-0.25, -0.2) is 9.67 Å². The molecule has 0 aromatic carbocycles. The SMILES string of the molecule is COc1c(-c2nc(C3CC3)cc(=O)[nH]2)c(C)nn1C. The Morgan fingerprint density at radius 2 is 2.21 bits per heavy atom. The predicted octanol–water partition coefficient (Wildman–Crippen LogP) is 1.36. The minimum atomic E-state index is -0.128. The minimum Gasteiger partial charge on any atom is -0.481 e. The average molecular weight is 260 g/mol. The highest BCUT2D eigenvalue weighted by Crippen LogP contribution is 2.39. The summed E-state index contributed by atoms with van der Waals surface area (Å²) >= 11 is 0. The van der Waals surface area contributed by atoms with E-state index in [1.165, 1.54) is 0 Å². The lowest BCUT2D eigenvalue weighted by atomic mass is 10.2. The molecule has 1 saturated carbocycles. The number of ether oxygens (including phenoxy) is 1. The van der Waals surface area contributed by atoms with Crippen molar-refractivity contribution in [2.75, 3.05) is 7.11 Å². The van der Waals surface area contributed by atoms with Gasteiger partial charge in [-0.3, -0.25) is 4.79 Å². The minimum absolute atomic E-state index is 0.128. The molecule has 0 unspecified atom stereocenters. The van der Waals surface area contributed by atoms with Gasteiger partial charge in [0.1, 0.15) is 11.4 Å². The Bertz CT molecular complexity index is 682. The first kappa shape index (κ1) is 12.0. The van der Waals surface area contributed by atoms with Gasteiger partial charge in [0.15, 0.2) is 0 Å². The Labute approximate surface area is 110 Å². The predicted molar refractivity (Wildman–Crippen MR) is 70.3 cm³/mol. The van der Waals surface area contributed by atoms with Crippen molar-refractivity contribution in [1.29, 1.82) is 0 Å². The number of H-pyrrole nitrogens is 1. The zero-order valence-electron chi connectivity index (χ0n) is 11.2. The van der Waals surface area contributed by atoms with Crippen LogP contribution in [0.5, 0.6) is 5.88 Å². The van der Waals surface area contributed by atoms with Crippen LogP contribution in [0.1, 0.15) is 30.1 Å². The Hall–Kier alpha value is -2.11. The van der Waals surface area contributed by atoms with E-state index in [0.717, 1.165) is 29.8 Å². The van der Waals surface area contributed by atoms with Crippen molar-refractivity contribution >= 4 is 0 Å². The van der Waals surface area contributed by atoms with Crippen molar-refractivity contribution in [3.8, 4) is 17.3 Å². The van der Waals surface area contributed by atoms with Crippen molar-refractivity contribution in [3.63, 3.8) is 0 Å². The third-order valence-corrected chi connectivity index (χ3v) is 3.36. The van der Waals surface area contributed by atoms with E-state index in [9.17, 15) is 4.79 Å². The Balaban J connectivity index is 2.18. The molecule has 1 aliphatic carbocycles. The lowest BCUT2D eigenvalue weighted by molar-refractivity contribution is 0.374. The van der Waals surface area contributed by atoms with E-state index in [-0.39, 0.29) is 5.56 Å². The quantitative estimate of drug-likeness (QED) is 0.904. The molecular weight excluding hydrogens is 244 g/mol. The van der Waals surface area contributed by atoms with Gasteiger partial charge in [0.2, 0.25) is 5.88 Å². The summed E-state index contributed by atoms with van der Waals surface area (Å²) in [4.78, 5) is 19.1. The fourth-order valence-electron chi connectivity index (χ4n) is 2.33. The molecule has 2 aromatic rings. The zero-order chi connectivity index (χ0) is 13.6. The second kappa shape index (κ2) is 4.22. The molecule has 1 fully saturated rings. The number of hydrogen-bond donors (Lipinski definition) is 1. The summed E-state index contributed by atoms with van der Waals surface area (Å²) in [5, 5.41) is 4.31. The van der Waals surface area contributed by atoms with Crippen LogP contribution in [-0.4, -0.2) is 26.9 Å². The van der Waals surface area contributed by atoms with Gasteiger partial charge in [0.25, 0.3) is 5.56 Å². The molecule has 0 amide bonds.